The van der Waals surface area contributed by atoms with Crippen LogP contribution in [-0.4, -0.2) is 46.6 Å². The molecule has 0 aromatic heterocycles. The molecular weight excluding hydrogens is 240 g/mol. The zero-order chi connectivity index (χ0) is 13.1. The molecule has 0 saturated carbocycles. The summed E-state index contributed by atoms with van der Waals surface area (Å²) in [4.78, 5) is 22.9. The minimum Gasteiger partial charge on any atom is -0.365 e. The van der Waals surface area contributed by atoms with E-state index in [0.717, 1.165) is 0 Å². The van der Waals surface area contributed by atoms with Gasteiger partial charge in [0.15, 0.2) is 24.1 Å². The monoisotopic (exact) mass is 254 g/mol. The molecule has 0 aromatic rings. The van der Waals surface area contributed by atoms with Crippen LogP contribution in [0.4, 0.5) is 0 Å². The zero-order valence-corrected chi connectivity index (χ0v) is 9.56. The molecule has 2 N–H and O–H groups in total. The Labute approximate surface area is 104 Å². The van der Waals surface area contributed by atoms with E-state index in [1.54, 1.807) is 0 Å². The van der Waals surface area contributed by atoms with Gasteiger partial charge in [-0.3, -0.25) is 9.59 Å². The lowest BCUT2D eigenvalue weighted by Gasteiger charge is -2.25. The van der Waals surface area contributed by atoms with Crippen molar-refractivity contribution in [3.05, 3.63) is 24.3 Å². The highest BCUT2D eigenvalue weighted by atomic mass is 16.6. The Morgan fingerprint density at radius 1 is 0.889 bits per heavy atom. The molecule has 4 atom stereocenters. The molecular formula is C12H14O6. The molecule has 0 fully saturated rings. The highest BCUT2D eigenvalue weighted by molar-refractivity contribution is 5.95. The molecule has 0 bridgehead atoms. The van der Waals surface area contributed by atoms with Crippen molar-refractivity contribution in [3.8, 4) is 0 Å². The van der Waals surface area contributed by atoms with E-state index >= 15 is 0 Å². The molecule has 2 unspecified atom stereocenters. The Kier molecular flexibility index (Phi) is 4.03. The summed E-state index contributed by atoms with van der Waals surface area (Å²) in [6, 6.07) is 0. The minimum atomic E-state index is -1.10. The number of rotatable bonds is 3. The molecule has 2 heterocycles. The number of carbonyl (C=O) groups is 2. The first-order chi connectivity index (χ1) is 8.56. The van der Waals surface area contributed by atoms with Crippen molar-refractivity contribution >= 4 is 11.6 Å². The lowest BCUT2D eigenvalue weighted by Crippen LogP contribution is -2.36. The molecule has 6 heteroatoms. The van der Waals surface area contributed by atoms with Crippen LogP contribution in [0.2, 0.25) is 0 Å². The summed E-state index contributed by atoms with van der Waals surface area (Å²) in [7, 11) is 0. The van der Waals surface area contributed by atoms with Gasteiger partial charge in [-0.2, -0.15) is 0 Å². The maximum atomic E-state index is 11.4. The highest BCUT2D eigenvalue weighted by Crippen LogP contribution is 2.18. The number of aliphatic hydroxyl groups excluding tert-OH is 2. The van der Waals surface area contributed by atoms with Crippen LogP contribution in [0.5, 0.6) is 0 Å². The summed E-state index contributed by atoms with van der Waals surface area (Å²) in [5.74, 6) is -0.501. The molecule has 0 aromatic carbocycles. The first kappa shape index (κ1) is 13.1. The van der Waals surface area contributed by atoms with Crippen LogP contribution in [0.15, 0.2) is 24.3 Å². The van der Waals surface area contributed by atoms with Crippen molar-refractivity contribution in [1.82, 2.24) is 0 Å². The molecule has 0 spiro atoms. The van der Waals surface area contributed by atoms with Crippen molar-refractivity contribution in [3.63, 3.8) is 0 Å². The highest BCUT2D eigenvalue weighted by Gasteiger charge is 2.29. The number of ketones is 2. The van der Waals surface area contributed by atoms with Crippen LogP contribution in [0, 0.1) is 0 Å². The van der Waals surface area contributed by atoms with Gasteiger partial charge in [-0.25, -0.2) is 0 Å². The fraction of sp³-hybridized carbons (Fsp3) is 0.500. The average Bonchev–Trinajstić information content (AvgIpc) is 2.34. The number of hydrogen-bond acceptors (Lipinski definition) is 6. The van der Waals surface area contributed by atoms with Gasteiger partial charge < -0.3 is 19.7 Å². The first-order valence-corrected chi connectivity index (χ1v) is 5.67. The van der Waals surface area contributed by atoms with Crippen molar-refractivity contribution < 1.29 is 29.3 Å². The second-order valence-electron chi connectivity index (χ2n) is 4.13. The van der Waals surface area contributed by atoms with Crippen LogP contribution < -0.4 is 0 Å². The third-order valence-corrected chi connectivity index (χ3v) is 2.78. The van der Waals surface area contributed by atoms with Gasteiger partial charge in [0.25, 0.3) is 0 Å². The third-order valence-electron chi connectivity index (χ3n) is 2.78. The fourth-order valence-electron chi connectivity index (χ4n) is 1.85. The quantitative estimate of drug-likeness (QED) is 0.702. The van der Waals surface area contributed by atoms with Crippen molar-refractivity contribution in [2.24, 2.45) is 0 Å². The summed E-state index contributed by atoms with van der Waals surface area (Å²) in [6.07, 6.45) is 1.79. The van der Waals surface area contributed by atoms with Crippen molar-refractivity contribution in [1.29, 1.82) is 0 Å². The second-order valence-corrected chi connectivity index (χ2v) is 4.13. The first-order valence-electron chi connectivity index (χ1n) is 5.67. The Morgan fingerprint density at radius 3 is 1.67 bits per heavy atom. The van der Waals surface area contributed by atoms with E-state index in [4.69, 9.17) is 9.47 Å². The Bertz CT molecular complexity index is 361. The smallest absolute Gasteiger partial charge is 0.184 e. The van der Waals surface area contributed by atoms with Crippen molar-refractivity contribution in [2.75, 3.05) is 0 Å². The van der Waals surface area contributed by atoms with Gasteiger partial charge in [0.1, 0.15) is 12.2 Å². The van der Waals surface area contributed by atoms with E-state index in [-0.39, 0.29) is 24.4 Å². The van der Waals surface area contributed by atoms with E-state index in [1.807, 2.05) is 0 Å². The Balaban J connectivity index is 1.88. The van der Waals surface area contributed by atoms with Crippen LogP contribution in [-0.2, 0) is 19.1 Å². The van der Waals surface area contributed by atoms with Gasteiger partial charge in [-0.15, -0.1) is 0 Å². The van der Waals surface area contributed by atoms with E-state index in [1.165, 1.54) is 24.3 Å². The number of carbonyl (C=O) groups excluding carboxylic acids is 2. The molecule has 2 aliphatic heterocycles. The molecule has 6 nitrogen and oxygen atoms in total. The van der Waals surface area contributed by atoms with Gasteiger partial charge in [0.2, 0.25) is 0 Å². The SMILES string of the molecule is O=C1C=CC(O)O[C@H]1CC[C@@H]1OC(O)C=CC1=O. The summed E-state index contributed by atoms with van der Waals surface area (Å²) in [5.41, 5.74) is 0. The predicted octanol–water partition coefficient (Wildman–Crippen LogP) is -0.548. The number of hydrogen-bond donors (Lipinski definition) is 2. The molecule has 0 saturated heterocycles. The predicted molar refractivity (Wildman–Crippen MR) is 59.3 cm³/mol. The summed E-state index contributed by atoms with van der Waals surface area (Å²) in [6.45, 7) is 0. The molecule has 18 heavy (non-hydrogen) atoms. The minimum absolute atomic E-state index is 0.247. The maximum absolute atomic E-state index is 11.4. The molecule has 0 aliphatic carbocycles. The van der Waals surface area contributed by atoms with E-state index in [0.29, 0.717) is 0 Å². The van der Waals surface area contributed by atoms with Crippen LogP contribution in [0.25, 0.3) is 0 Å². The topological polar surface area (TPSA) is 93.1 Å². The second kappa shape index (κ2) is 5.53. The van der Waals surface area contributed by atoms with Gasteiger partial charge in [0, 0.05) is 0 Å². The molecule has 2 rings (SSSR count). The van der Waals surface area contributed by atoms with E-state index in [2.05, 4.69) is 0 Å². The standard InChI is InChI=1S/C12H14O6/c13-7-1-5-11(15)17-9(7)3-4-10-8(14)2-6-12(16)18-10/h1-2,5-6,9-12,15-16H,3-4H2/t9-,10-,11?,12?/m0/s1. The lowest BCUT2D eigenvalue weighted by molar-refractivity contribution is -0.158. The van der Waals surface area contributed by atoms with Gasteiger partial charge in [-0.1, -0.05) is 0 Å². The Hall–Kier alpha value is -1.34. The molecule has 0 radical (unpaired) electrons. The van der Waals surface area contributed by atoms with Gasteiger partial charge in [-0.05, 0) is 37.1 Å². The third kappa shape index (κ3) is 3.11. The summed E-state index contributed by atoms with van der Waals surface area (Å²) in [5, 5.41) is 18.4. The molecule has 98 valence electrons. The van der Waals surface area contributed by atoms with E-state index in [9.17, 15) is 19.8 Å². The van der Waals surface area contributed by atoms with E-state index < -0.39 is 24.8 Å². The lowest BCUT2D eigenvalue weighted by atomic mass is 10.0. The average molecular weight is 254 g/mol. The zero-order valence-electron chi connectivity index (χ0n) is 9.56. The number of aliphatic hydroxyl groups is 2. The van der Waals surface area contributed by atoms with Crippen molar-refractivity contribution in [2.45, 2.75) is 37.6 Å². The van der Waals surface area contributed by atoms with Crippen LogP contribution in [0.1, 0.15) is 12.8 Å². The molecule has 2 aliphatic rings. The van der Waals surface area contributed by atoms with Crippen LogP contribution >= 0.6 is 0 Å². The Morgan fingerprint density at radius 2 is 1.28 bits per heavy atom. The summed E-state index contributed by atoms with van der Waals surface area (Å²) < 4.78 is 10.0. The fourth-order valence-corrected chi connectivity index (χ4v) is 1.85. The molecule has 0 amide bonds. The van der Waals surface area contributed by atoms with Gasteiger partial charge in [0.05, 0.1) is 0 Å². The van der Waals surface area contributed by atoms with Gasteiger partial charge >= 0.3 is 0 Å². The maximum Gasteiger partial charge on any atom is 0.184 e. The number of ether oxygens (including phenoxy) is 2. The summed E-state index contributed by atoms with van der Waals surface area (Å²) >= 11 is 0. The normalized spacial score (nSPS) is 36.1. The van der Waals surface area contributed by atoms with Crippen LogP contribution in [0.3, 0.4) is 0 Å². The largest absolute Gasteiger partial charge is 0.365 e.